The molecule has 0 N–H and O–H groups in total. The molecule has 8 nitrogen and oxygen atoms in total. The molecule has 8 heteroatoms. The number of hydrogen-bond acceptors (Lipinski definition) is 8. The van der Waals surface area contributed by atoms with Crippen LogP contribution in [-0.2, 0) is 19.1 Å². The van der Waals surface area contributed by atoms with Crippen LogP contribution in [0.15, 0.2) is 45.4 Å². The molecule has 0 aliphatic carbocycles. The van der Waals surface area contributed by atoms with Gasteiger partial charge in [0, 0.05) is 17.4 Å². The van der Waals surface area contributed by atoms with E-state index in [1.54, 1.807) is 26.0 Å². The van der Waals surface area contributed by atoms with E-state index in [1.807, 2.05) is 38.7 Å². The molecule has 1 aliphatic heterocycles. The predicted octanol–water partition coefficient (Wildman–Crippen LogP) is 3.70. The predicted molar refractivity (Wildman–Crippen MR) is 110 cm³/mol. The summed E-state index contributed by atoms with van der Waals surface area (Å²) in [4.78, 5) is 28.2. The SMILES string of the molecule is COC(=O)C1=C(C)N(C(C)C)C(C)=C(C(=O)OC(C)C)C1c1cccc2nonc12. The minimum absolute atomic E-state index is 0.0111. The molecule has 30 heavy (non-hydrogen) atoms. The van der Waals surface area contributed by atoms with Crippen LogP contribution in [0.25, 0.3) is 11.0 Å². The van der Waals surface area contributed by atoms with Crippen molar-refractivity contribution in [1.29, 1.82) is 0 Å². The summed E-state index contributed by atoms with van der Waals surface area (Å²) in [6, 6.07) is 5.38. The summed E-state index contributed by atoms with van der Waals surface area (Å²) in [5.41, 5.74) is 3.83. The topological polar surface area (TPSA) is 94.8 Å². The van der Waals surface area contributed by atoms with Gasteiger partial charge in [-0.15, -0.1) is 0 Å². The number of fused-ring (bicyclic) bond motifs is 1. The Kier molecular flexibility index (Phi) is 5.96. The number of carbonyl (C=O) groups is 2. The van der Waals surface area contributed by atoms with Crippen molar-refractivity contribution in [2.24, 2.45) is 0 Å². The van der Waals surface area contributed by atoms with E-state index in [-0.39, 0.29) is 12.1 Å². The molecule has 0 spiro atoms. The van der Waals surface area contributed by atoms with Gasteiger partial charge in [0.1, 0.15) is 11.0 Å². The number of aromatic nitrogens is 2. The molecule has 1 unspecified atom stereocenters. The van der Waals surface area contributed by atoms with Crippen LogP contribution in [0.4, 0.5) is 0 Å². The first-order valence-corrected chi connectivity index (χ1v) is 9.90. The first kappa shape index (κ1) is 21.5. The number of benzene rings is 1. The van der Waals surface area contributed by atoms with Crippen LogP contribution in [0.5, 0.6) is 0 Å². The summed E-state index contributed by atoms with van der Waals surface area (Å²) in [7, 11) is 1.33. The molecule has 0 saturated carbocycles. The maximum atomic E-state index is 13.3. The Balaban J connectivity index is 2.35. The molecule has 0 fully saturated rings. The Hall–Kier alpha value is -3.16. The van der Waals surface area contributed by atoms with Gasteiger partial charge in [0.2, 0.25) is 0 Å². The van der Waals surface area contributed by atoms with Crippen molar-refractivity contribution in [2.75, 3.05) is 7.11 Å². The fourth-order valence-corrected chi connectivity index (χ4v) is 4.14. The zero-order valence-corrected chi connectivity index (χ0v) is 18.3. The summed E-state index contributed by atoms with van der Waals surface area (Å²) in [6.45, 7) is 11.3. The lowest BCUT2D eigenvalue weighted by molar-refractivity contribution is -0.143. The van der Waals surface area contributed by atoms with E-state index in [4.69, 9.17) is 14.1 Å². The van der Waals surface area contributed by atoms with Gasteiger partial charge in [-0.2, -0.15) is 0 Å². The van der Waals surface area contributed by atoms with Gasteiger partial charge in [0.05, 0.1) is 30.3 Å². The molecule has 1 aromatic heterocycles. The van der Waals surface area contributed by atoms with Gasteiger partial charge in [-0.25, -0.2) is 14.2 Å². The van der Waals surface area contributed by atoms with Crippen molar-refractivity contribution >= 4 is 23.0 Å². The number of esters is 2. The van der Waals surface area contributed by atoms with Gasteiger partial charge in [0.25, 0.3) is 0 Å². The molecule has 0 bridgehead atoms. The number of methoxy groups -OCH3 is 1. The third-order valence-corrected chi connectivity index (χ3v) is 5.19. The Morgan fingerprint density at radius 2 is 1.67 bits per heavy atom. The molecule has 3 rings (SSSR count). The fourth-order valence-electron chi connectivity index (χ4n) is 4.14. The highest BCUT2D eigenvalue weighted by Crippen LogP contribution is 2.45. The molecule has 0 radical (unpaired) electrons. The number of nitrogens with zero attached hydrogens (tertiary/aromatic N) is 3. The van der Waals surface area contributed by atoms with Crippen molar-refractivity contribution in [3.63, 3.8) is 0 Å². The first-order chi connectivity index (χ1) is 14.2. The summed E-state index contributed by atoms with van der Waals surface area (Å²) in [6.07, 6.45) is -0.316. The molecule has 0 amide bonds. The van der Waals surface area contributed by atoms with Gasteiger partial charge in [-0.3, -0.25) is 0 Å². The van der Waals surface area contributed by atoms with Crippen LogP contribution in [0, 0.1) is 0 Å². The maximum absolute atomic E-state index is 13.3. The second-order valence-corrected chi connectivity index (χ2v) is 7.82. The molecule has 2 aromatic rings. The molecular weight excluding hydrogens is 386 g/mol. The number of rotatable bonds is 5. The summed E-state index contributed by atoms with van der Waals surface area (Å²) >= 11 is 0. The third kappa shape index (κ3) is 3.58. The van der Waals surface area contributed by atoms with Gasteiger partial charge < -0.3 is 14.4 Å². The molecule has 160 valence electrons. The average molecular weight is 413 g/mol. The molecule has 1 atom stereocenters. The second kappa shape index (κ2) is 8.30. The molecule has 1 aromatic carbocycles. The Morgan fingerprint density at radius 1 is 1.03 bits per heavy atom. The van der Waals surface area contributed by atoms with E-state index in [0.29, 0.717) is 33.4 Å². The lowest BCUT2D eigenvalue weighted by atomic mass is 9.79. The monoisotopic (exact) mass is 413 g/mol. The number of hydrogen-bond donors (Lipinski definition) is 0. The lowest BCUT2D eigenvalue weighted by Crippen LogP contribution is -2.38. The second-order valence-electron chi connectivity index (χ2n) is 7.82. The molecule has 2 heterocycles. The van der Waals surface area contributed by atoms with E-state index in [0.717, 1.165) is 5.70 Å². The first-order valence-electron chi connectivity index (χ1n) is 9.90. The smallest absolute Gasteiger partial charge is 0.337 e. The van der Waals surface area contributed by atoms with Crippen molar-refractivity contribution < 1.29 is 23.7 Å². The van der Waals surface area contributed by atoms with E-state index in [1.165, 1.54) is 7.11 Å². The largest absolute Gasteiger partial charge is 0.466 e. The number of carbonyl (C=O) groups excluding carboxylic acids is 2. The fraction of sp³-hybridized carbons (Fsp3) is 0.455. The third-order valence-electron chi connectivity index (χ3n) is 5.19. The number of allylic oxidation sites excluding steroid dienone is 2. The van der Waals surface area contributed by atoms with E-state index in [2.05, 4.69) is 10.3 Å². The highest BCUT2D eigenvalue weighted by atomic mass is 16.6. The summed E-state index contributed by atoms with van der Waals surface area (Å²) in [5, 5.41) is 7.93. The van der Waals surface area contributed by atoms with Crippen LogP contribution in [0.3, 0.4) is 0 Å². The quantitative estimate of drug-likeness (QED) is 0.685. The van der Waals surface area contributed by atoms with Crippen molar-refractivity contribution in [3.8, 4) is 0 Å². The van der Waals surface area contributed by atoms with Crippen molar-refractivity contribution in [1.82, 2.24) is 15.2 Å². The van der Waals surface area contributed by atoms with E-state index >= 15 is 0 Å². The van der Waals surface area contributed by atoms with Crippen LogP contribution < -0.4 is 0 Å². The van der Waals surface area contributed by atoms with Crippen LogP contribution >= 0.6 is 0 Å². The summed E-state index contributed by atoms with van der Waals surface area (Å²) < 4.78 is 15.6. The number of ether oxygens (including phenoxy) is 2. The van der Waals surface area contributed by atoms with Crippen molar-refractivity contribution in [2.45, 2.75) is 59.6 Å². The Morgan fingerprint density at radius 3 is 2.23 bits per heavy atom. The summed E-state index contributed by atoms with van der Waals surface area (Å²) in [5.74, 6) is -1.73. The molecule has 0 saturated heterocycles. The van der Waals surface area contributed by atoms with Gasteiger partial charge in [-0.1, -0.05) is 12.1 Å². The molecular formula is C22H27N3O5. The van der Waals surface area contributed by atoms with Gasteiger partial charge in [-0.05, 0) is 63.5 Å². The highest BCUT2D eigenvalue weighted by Gasteiger charge is 2.42. The van der Waals surface area contributed by atoms with E-state index in [9.17, 15) is 9.59 Å². The van der Waals surface area contributed by atoms with Gasteiger partial charge in [0.15, 0.2) is 0 Å². The zero-order valence-electron chi connectivity index (χ0n) is 18.3. The molecule has 1 aliphatic rings. The highest BCUT2D eigenvalue weighted by molar-refractivity contribution is 6.01. The van der Waals surface area contributed by atoms with Crippen LogP contribution in [0.1, 0.15) is 53.0 Å². The Labute approximate surface area is 175 Å². The minimum Gasteiger partial charge on any atom is -0.466 e. The van der Waals surface area contributed by atoms with Crippen LogP contribution in [-0.4, -0.2) is 46.4 Å². The minimum atomic E-state index is -0.728. The Bertz CT molecular complexity index is 1050. The lowest BCUT2D eigenvalue weighted by Gasteiger charge is -2.40. The average Bonchev–Trinajstić information content (AvgIpc) is 3.14. The normalized spacial score (nSPS) is 17.4. The standard InChI is InChI=1S/C22H27N3O5/c1-11(2)25-13(5)17(21(26)28-7)19(18(14(25)6)22(27)29-12(3)4)15-9-8-10-16-20(15)24-30-23-16/h8-12,19H,1-7H3. The zero-order chi connectivity index (χ0) is 22.2. The maximum Gasteiger partial charge on any atom is 0.337 e. The van der Waals surface area contributed by atoms with Gasteiger partial charge >= 0.3 is 11.9 Å². The van der Waals surface area contributed by atoms with Crippen LogP contribution in [0.2, 0.25) is 0 Å². The van der Waals surface area contributed by atoms with E-state index < -0.39 is 17.9 Å². The van der Waals surface area contributed by atoms with Crippen molar-refractivity contribution in [3.05, 3.63) is 46.3 Å².